The van der Waals surface area contributed by atoms with Gasteiger partial charge in [0.25, 0.3) is 5.91 Å². The Morgan fingerprint density at radius 1 is 1.45 bits per heavy atom. The predicted octanol–water partition coefficient (Wildman–Crippen LogP) is 2.12. The Bertz CT molecular complexity index is 464. The van der Waals surface area contributed by atoms with Crippen molar-refractivity contribution in [3.63, 3.8) is 0 Å². The summed E-state index contributed by atoms with van der Waals surface area (Å²) in [4.78, 5) is 15.4. The van der Waals surface area contributed by atoms with Crippen molar-refractivity contribution in [1.29, 1.82) is 0 Å². The van der Waals surface area contributed by atoms with Gasteiger partial charge in [0.15, 0.2) is 0 Å². The Kier molecular flexibility index (Phi) is 6.16. The highest BCUT2D eigenvalue weighted by Crippen LogP contribution is 2.22. The molecule has 0 spiro atoms. The molecule has 0 radical (unpaired) electrons. The zero-order valence-corrected chi connectivity index (χ0v) is 13.1. The van der Waals surface area contributed by atoms with Crippen LogP contribution in [0.25, 0.3) is 0 Å². The summed E-state index contributed by atoms with van der Waals surface area (Å²) in [6.07, 6.45) is 1.98. The fourth-order valence-electron chi connectivity index (χ4n) is 2.05. The molecule has 1 aliphatic rings. The van der Waals surface area contributed by atoms with Crippen molar-refractivity contribution < 1.29 is 9.53 Å². The number of nitrogens with zero attached hydrogens (tertiary/aromatic N) is 1. The highest BCUT2D eigenvalue weighted by atomic mass is 35.5. The van der Waals surface area contributed by atoms with Gasteiger partial charge in [-0.15, -0.1) is 11.8 Å². The average Bonchev–Trinajstić information content (AvgIpc) is 2.48. The van der Waals surface area contributed by atoms with Crippen LogP contribution < -0.4 is 5.32 Å². The molecule has 1 heterocycles. The summed E-state index contributed by atoms with van der Waals surface area (Å²) < 4.78 is 5.29. The number of hydrogen-bond acceptors (Lipinski definition) is 4. The molecule has 1 saturated heterocycles. The molecule has 1 fully saturated rings. The van der Waals surface area contributed by atoms with Crippen LogP contribution in [0.2, 0.25) is 5.02 Å². The lowest BCUT2D eigenvalue weighted by Gasteiger charge is -2.26. The standard InChI is InChI=1S/C14H19ClN2O2S/c1-20-11-2-3-13(15)12(10-11)14(18)16-4-5-17-6-8-19-9-7-17/h2-3,10H,4-9H2,1H3,(H,16,18). The summed E-state index contributed by atoms with van der Waals surface area (Å²) in [6, 6.07) is 5.51. The van der Waals surface area contributed by atoms with E-state index < -0.39 is 0 Å². The Balaban J connectivity index is 1.84. The number of carbonyl (C=O) groups excluding carboxylic acids is 1. The molecule has 1 aromatic carbocycles. The van der Waals surface area contributed by atoms with E-state index in [-0.39, 0.29) is 5.91 Å². The molecule has 2 rings (SSSR count). The molecule has 1 N–H and O–H groups in total. The first-order valence-corrected chi connectivity index (χ1v) is 8.23. The quantitative estimate of drug-likeness (QED) is 0.845. The third-order valence-electron chi connectivity index (χ3n) is 3.24. The maximum Gasteiger partial charge on any atom is 0.252 e. The van der Waals surface area contributed by atoms with E-state index in [1.54, 1.807) is 17.8 Å². The van der Waals surface area contributed by atoms with Gasteiger partial charge in [-0.1, -0.05) is 11.6 Å². The molecule has 20 heavy (non-hydrogen) atoms. The third kappa shape index (κ3) is 4.38. The van der Waals surface area contributed by atoms with Gasteiger partial charge in [0, 0.05) is 31.1 Å². The fourth-order valence-corrected chi connectivity index (χ4v) is 2.70. The van der Waals surface area contributed by atoms with E-state index >= 15 is 0 Å². The van der Waals surface area contributed by atoms with Crippen LogP contribution in [0.3, 0.4) is 0 Å². The number of rotatable bonds is 5. The zero-order valence-electron chi connectivity index (χ0n) is 11.5. The second kappa shape index (κ2) is 7.88. The second-order valence-electron chi connectivity index (χ2n) is 4.56. The van der Waals surface area contributed by atoms with Gasteiger partial charge < -0.3 is 10.1 Å². The van der Waals surface area contributed by atoms with Crippen LogP contribution in [0.4, 0.5) is 0 Å². The maximum absolute atomic E-state index is 12.1. The molecular formula is C14H19ClN2O2S. The average molecular weight is 315 g/mol. The summed E-state index contributed by atoms with van der Waals surface area (Å²) in [7, 11) is 0. The van der Waals surface area contributed by atoms with Crippen molar-refractivity contribution in [2.45, 2.75) is 4.90 Å². The number of nitrogens with one attached hydrogen (secondary N) is 1. The summed E-state index contributed by atoms with van der Waals surface area (Å²) >= 11 is 7.67. The smallest absolute Gasteiger partial charge is 0.252 e. The van der Waals surface area contributed by atoms with Crippen molar-refractivity contribution in [2.75, 3.05) is 45.6 Å². The monoisotopic (exact) mass is 314 g/mol. The van der Waals surface area contributed by atoms with Crippen LogP contribution in [0.5, 0.6) is 0 Å². The summed E-state index contributed by atoms with van der Waals surface area (Å²) in [6.45, 7) is 4.87. The lowest BCUT2D eigenvalue weighted by atomic mass is 10.2. The Labute approximate surface area is 128 Å². The van der Waals surface area contributed by atoms with Gasteiger partial charge in [0.1, 0.15) is 0 Å². The molecule has 1 aliphatic heterocycles. The molecule has 0 bridgehead atoms. The highest BCUT2D eigenvalue weighted by molar-refractivity contribution is 7.98. The number of carbonyl (C=O) groups is 1. The van der Waals surface area contributed by atoms with E-state index in [1.165, 1.54) is 0 Å². The molecule has 1 amide bonds. The van der Waals surface area contributed by atoms with Crippen LogP contribution in [0.1, 0.15) is 10.4 Å². The number of amides is 1. The fraction of sp³-hybridized carbons (Fsp3) is 0.500. The summed E-state index contributed by atoms with van der Waals surface area (Å²) in [5, 5.41) is 3.42. The van der Waals surface area contributed by atoms with E-state index in [2.05, 4.69) is 10.2 Å². The van der Waals surface area contributed by atoms with Crippen molar-refractivity contribution >= 4 is 29.3 Å². The van der Waals surface area contributed by atoms with Gasteiger partial charge in [0.2, 0.25) is 0 Å². The van der Waals surface area contributed by atoms with E-state index in [0.717, 1.165) is 37.7 Å². The number of morpholine rings is 1. The highest BCUT2D eigenvalue weighted by Gasteiger charge is 2.13. The molecule has 1 aromatic rings. The van der Waals surface area contributed by atoms with Gasteiger partial charge in [-0.3, -0.25) is 9.69 Å². The largest absolute Gasteiger partial charge is 0.379 e. The molecule has 110 valence electrons. The van der Waals surface area contributed by atoms with Gasteiger partial charge in [-0.05, 0) is 24.5 Å². The molecule has 0 aromatic heterocycles. The van der Waals surface area contributed by atoms with E-state index in [4.69, 9.17) is 16.3 Å². The Hall–Kier alpha value is -0.750. The Morgan fingerprint density at radius 2 is 2.20 bits per heavy atom. The van der Waals surface area contributed by atoms with Gasteiger partial charge in [0.05, 0.1) is 23.8 Å². The van der Waals surface area contributed by atoms with Crippen molar-refractivity contribution in [1.82, 2.24) is 10.2 Å². The third-order valence-corrected chi connectivity index (χ3v) is 4.29. The minimum absolute atomic E-state index is 0.112. The van der Waals surface area contributed by atoms with Gasteiger partial charge in [-0.2, -0.15) is 0 Å². The maximum atomic E-state index is 12.1. The predicted molar refractivity (Wildman–Crippen MR) is 82.8 cm³/mol. The normalized spacial score (nSPS) is 16.1. The summed E-state index contributed by atoms with van der Waals surface area (Å²) in [5.41, 5.74) is 0.542. The molecule has 4 nitrogen and oxygen atoms in total. The van der Waals surface area contributed by atoms with Crippen LogP contribution in [-0.4, -0.2) is 56.5 Å². The van der Waals surface area contributed by atoms with Crippen LogP contribution >= 0.6 is 23.4 Å². The van der Waals surface area contributed by atoms with Crippen LogP contribution in [0, 0.1) is 0 Å². The van der Waals surface area contributed by atoms with Gasteiger partial charge in [-0.25, -0.2) is 0 Å². The van der Waals surface area contributed by atoms with Crippen LogP contribution in [-0.2, 0) is 4.74 Å². The zero-order chi connectivity index (χ0) is 14.4. The molecule has 0 unspecified atom stereocenters. The molecule has 6 heteroatoms. The number of hydrogen-bond donors (Lipinski definition) is 1. The Morgan fingerprint density at radius 3 is 2.90 bits per heavy atom. The number of ether oxygens (including phenoxy) is 1. The first-order chi connectivity index (χ1) is 9.70. The minimum Gasteiger partial charge on any atom is -0.379 e. The van der Waals surface area contributed by atoms with Crippen molar-refractivity contribution in [3.8, 4) is 0 Å². The number of thioether (sulfide) groups is 1. The SMILES string of the molecule is CSc1ccc(Cl)c(C(=O)NCCN2CCOCC2)c1. The molecular weight excluding hydrogens is 296 g/mol. The summed E-state index contributed by atoms with van der Waals surface area (Å²) in [5.74, 6) is -0.112. The van der Waals surface area contributed by atoms with E-state index in [0.29, 0.717) is 17.1 Å². The van der Waals surface area contributed by atoms with Crippen molar-refractivity contribution in [2.24, 2.45) is 0 Å². The first kappa shape index (κ1) is 15.6. The van der Waals surface area contributed by atoms with Crippen LogP contribution in [0.15, 0.2) is 23.1 Å². The van der Waals surface area contributed by atoms with E-state index in [1.807, 2.05) is 18.4 Å². The van der Waals surface area contributed by atoms with E-state index in [9.17, 15) is 4.79 Å². The molecule has 0 atom stereocenters. The second-order valence-corrected chi connectivity index (χ2v) is 5.84. The van der Waals surface area contributed by atoms with Crippen molar-refractivity contribution in [3.05, 3.63) is 28.8 Å². The molecule has 0 saturated carbocycles. The topological polar surface area (TPSA) is 41.6 Å². The number of halogens is 1. The first-order valence-electron chi connectivity index (χ1n) is 6.62. The lowest BCUT2D eigenvalue weighted by Crippen LogP contribution is -2.41. The van der Waals surface area contributed by atoms with Gasteiger partial charge >= 0.3 is 0 Å². The number of benzene rings is 1. The molecule has 0 aliphatic carbocycles. The minimum atomic E-state index is -0.112. The lowest BCUT2D eigenvalue weighted by molar-refractivity contribution is 0.0383.